The maximum Gasteiger partial charge on any atom is 0.276 e. The van der Waals surface area contributed by atoms with Gasteiger partial charge in [-0.2, -0.15) is 0 Å². The number of aromatic nitrogens is 1. The number of hydrogen-bond acceptors (Lipinski definition) is 5. The van der Waals surface area contributed by atoms with Crippen molar-refractivity contribution < 1.29 is 19.2 Å². The van der Waals surface area contributed by atoms with E-state index in [1.807, 2.05) is 30.3 Å². The quantitative estimate of drug-likeness (QED) is 0.772. The molecule has 3 aromatic rings. The highest BCUT2D eigenvalue weighted by atomic mass is 16.5. The minimum absolute atomic E-state index is 0.150. The number of ether oxygens (including phenoxy) is 1. The lowest BCUT2D eigenvalue weighted by Crippen LogP contribution is -2.26. The molecular weight excluding hydrogens is 320 g/mol. The van der Waals surface area contributed by atoms with Crippen LogP contribution < -0.4 is 4.74 Å². The third-order valence-electron chi connectivity index (χ3n) is 3.85. The number of rotatable bonds is 5. The molecule has 0 spiro atoms. The average molecular weight is 338 g/mol. The van der Waals surface area contributed by atoms with Crippen molar-refractivity contribution in [2.45, 2.75) is 6.54 Å². The molecule has 0 atom stereocenters. The van der Waals surface area contributed by atoms with Crippen molar-refractivity contribution in [3.05, 3.63) is 65.9 Å². The van der Waals surface area contributed by atoms with E-state index in [1.165, 1.54) is 4.90 Å². The van der Waals surface area contributed by atoms with Gasteiger partial charge in [0.25, 0.3) is 5.91 Å². The Kier molecular flexibility index (Phi) is 4.70. The second-order valence-corrected chi connectivity index (χ2v) is 5.57. The van der Waals surface area contributed by atoms with Gasteiger partial charge in [0.1, 0.15) is 11.5 Å². The predicted molar refractivity (Wildman–Crippen MR) is 92.4 cm³/mol. The molecule has 0 aliphatic heterocycles. The molecule has 1 N–H and O–H groups in total. The molecule has 1 amide bonds. The van der Waals surface area contributed by atoms with E-state index < -0.39 is 0 Å². The minimum Gasteiger partial charge on any atom is -0.508 e. The largest absolute Gasteiger partial charge is 0.508 e. The highest BCUT2D eigenvalue weighted by Crippen LogP contribution is 2.30. The number of phenols is 1. The van der Waals surface area contributed by atoms with Gasteiger partial charge in [-0.1, -0.05) is 35.5 Å². The van der Waals surface area contributed by atoms with E-state index in [9.17, 15) is 9.90 Å². The Morgan fingerprint density at radius 1 is 1.20 bits per heavy atom. The van der Waals surface area contributed by atoms with E-state index in [2.05, 4.69) is 5.16 Å². The lowest BCUT2D eigenvalue weighted by Gasteiger charge is -2.16. The first-order chi connectivity index (χ1) is 12.1. The fraction of sp³-hybridized carbons (Fsp3) is 0.158. The second-order valence-electron chi connectivity index (χ2n) is 5.57. The zero-order valence-electron chi connectivity index (χ0n) is 14.0. The van der Waals surface area contributed by atoms with Crippen molar-refractivity contribution in [3.63, 3.8) is 0 Å². The number of phenolic OH excluding ortho intramolecular Hbond substituents is 1. The summed E-state index contributed by atoms with van der Waals surface area (Å²) in [5.74, 6) is 0.946. The molecular formula is C19H18N2O4. The van der Waals surface area contributed by atoms with Crippen LogP contribution in [0.5, 0.6) is 11.5 Å². The van der Waals surface area contributed by atoms with Crippen LogP contribution in [0.25, 0.3) is 11.3 Å². The fourth-order valence-electron chi connectivity index (χ4n) is 2.52. The molecule has 0 aliphatic rings. The molecule has 3 rings (SSSR count). The van der Waals surface area contributed by atoms with Gasteiger partial charge >= 0.3 is 0 Å². The summed E-state index contributed by atoms with van der Waals surface area (Å²) in [6.07, 6.45) is 0. The number of carbonyl (C=O) groups is 1. The van der Waals surface area contributed by atoms with Crippen LogP contribution in [-0.4, -0.2) is 35.2 Å². The van der Waals surface area contributed by atoms with Gasteiger partial charge in [-0.05, 0) is 18.2 Å². The summed E-state index contributed by atoms with van der Waals surface area (Å²) in [4.78, 5) is 14.0. The first-order valence-electron chi connectivity index (χ1n) is 7.72. The van der Waals surface area contributed by atoms with Crippen LogP contribution in [0, 0.1) is 0 Å². The zero-order chi connectivity index (χ0) is 17.8. The summed E-state index contributed by atoms with van der Waals surface area (Å²) in [5.41, 5.74) is 1.57. The molecule has 0 saturated heterocycles. The number of nitrogens with zero attached hydrogens (tertiary/aromatic N) is 2. The molecule has 128 valence electrons. The summed E-state index contributed by atoms with van der Waals surface area (Å²) in [7, 11) is 3.22. The smallest absolute Gasteiger partial charge is 0.276 e. The van der Waals surface area contributed by atoms with Crippen LogP contribution in [-0.2, 0) is 6.54 Å². The Morgan fingerprint density at radius 3 is 2.68 bits per heavy atom. The lowest BCUT2D eigenvalue weighted by molar-refractivity contribution is 0.0774. The molecule has 6 heteroatoms. The summed E-state index contributed by atoms with van der Waals surface area (Å²) < 4.78 is 10.6. The summed E-state index contributed by atoms with van der Waals surface area (Å²) >= 11 is 0. The van der Waals surface area contributed by atoms with Crippen LogP contribution in [0.15, 0.2) is 59.1 Å². The third-order valence-corrected chi connectivity index (χ3v) is 3.85. The molecule has 1 heterocycles. The number of para-hydroxylation sites is 2. The Hall–Kier alpha value is -3.28. The standard InChI is InChI=1S/C19H18N2O4/c1-21(12-13-7-3-5-9-16(13)22)19(23)15-11-18(25-20-15)14-8-4-6-10-17(14)24-2/h3-11,22H,12H2,1-2H3. The highest BCUT2D eigenvalue weighted by molar-refractivity contribution is 5.93. The van der Waals surface area contributed by atoms with Crippen LogP contribution >= 0.6 is 0 Å². The van der Waals surface area contributed by atoms with Crippen molar-refractivity contribution in [1.29, 1.82) is 0 Å². The van der Waals surface area contributed by atoms with Gasteiger partial charge in [0.2, 0.25) is 0 Å². The van der Waals surface area contributed by atoms with Gasteiger partial charge in [-0.25, -0.2) is 0 Å². The van der Waals surface area contributed by atoms with Gasteiger partial charge in [-0.15, -0.1) is 0 Å². The molecule has 0 unspecified atom stereocenters. The van der Waals surface area contributed by atoms with Crippen molar-refractivity contribution in [3.8, 4) is 22.8 Å². The molecule has 2 aromatic carbocycles. The molecule has 0 bridgehead atoms. The van der Waals surface area contributed by atoms with Gasteiger partial charge in [0.05, 0.1) is 12.7 Å². The first kappa shape index (κ1) is 16.6. The average Bonchev–Trinajstić information content (AvgIpc) is 3.12. The number of amides is 1. The second kappa shape index (κ2) is 7.09. The lowest BCUT2D eigenvalue weighted by atomic mass is 10.1. The number of carbonyl (C=O) groups excluding carboxylic acids is 1. The monoisotopic (exact) mass is 338 g/mol. The Bertz CT molecular complexity index is 888. The van der Waals surface area contributed by atoms with Gasteiger partial charge in [-0.3, -0.25) is 4.79 Å². The van der Waals surface area contributed by atoms with Crippen molar-refractivity contribution in [2.24, 2.45) is 0 Å². The Balaban J connectivity index is 1.80. The molecule has 0 aliphatic carbocycles. The van der Waals surface area contributed by atoms with Crippen LogP contribution in [0.4, 0.5) is 0 Å². The molecule has 1 aromatic heterocycles. The number of methoxy groups -OCH3 is 1. The Morgan fingerprint density at radius 2 is 1.92 bits per heavy atom. The van der Waals surface area contributed by atoms with E-state index >= 15 is 0 Å². The maximum absolute atomic E-state index is 12.5. The van der Waals surface area contributed by atoms with Crippen LogP contribution in [0.1, 0.15) is 16.1 Å². The Labute approximate surface area is 145 Å². The van der Waals surface area contributed by atoms with E-state index in [-0.39, 0.29) is 23.9 Å². The fourth-order valence-corrected chi connectivity index (χ4v) is 2.52. The first-order valence-corrected chi connectivity index (χ1v) is 7.72. The molecule has 0 radical (unpaired) electrons. The molecule has 25 heavy (non-hydrogen) atoms. The van der Waals surface area contributed by atoms with E-state index in [0.717, 1.165) is 5.56 Å². The normalized spacial score (nSPS) is 10.5. The van der Waals surface area contributed by atoms with E-state index in [4.69, 9.17) is 9.26 Å². The molecule has 0 fully saturated rings. The third kappa shape index (κ3) is 3.47. The van der Waals surface area contributed by atoms with Gasteiger partial charge in [0, 0.05) is 25.2 Å². The predicted octanol–water partition coefficient (Wildman–Crippen LogP) is 3.33. The van der Waals surface area contributed by atoms with Crippen molar-refractivity contribution >= 4 is 5.91 Å². The van der Waals surface area contributed by atoms with E-state index in [1.54, 1.807) is 38.4 Å². The van der Waals surface area contributed by atoms with Crippen LogP contribution in [0.3, 0.4) is 0 Å². The van der Waals surface area contributed by atoms with Crippen molar-refractivity contribution in [2.75, 3.05) is 14.2 Å². The molecule has 6 nitrogen and oxygen atoms in total. The SMILES string of the molecule is COc1ccccc1-c1cc(C(=O)N(C)Cc2ccccc2O)no1. The number of aromatic hydroxyl groups is 1. The highest BCUT2D eigenvalue weighted by Gasteiger charge is 2.19. The zero-order valence-corrected chi connectivity index (χ0v) is 14.0. The number of hydrogen-bond donors (Lipinski definition) is 1. The maximum atomic E-state index is 12.5. The number of benzene rings is 2. The van der Waals surface area contributed by atoms with Gasteiger partial charge in [0.15, 0.2) is 11.5 Å². The van der Waals surface area contributed by atoms with Crippen LogP contribution in [0.2, 0.25) is 0 Å². The van der Waals surface area contributed by atoms with Crippen molar-refractivity contribution in [1.82, 2.24) is 10.1 Å². The topological polar surface area (TPSA) is 75.8 Å². The van der Waals surface area contributed by atoms with E-state index in [0.29, 0.717) is 17.1 Å². The summed E-state index contributed by atoms with van der Waals surface area (Å²) in [6.45, 7) is 0.266. The van der Waals surface area contributed by atoms with Gasteiger partial charge < -0.3 is 19.3 Å². The molecule has 0 saturated carbocycles. The minimum atomic E-state index is -0.298. The summed E-state index contributed by atoms with van der Waals surface area (Å²) in [5, 5.41) is 13.7. The summed E-state index contributed by atoms with van der Waals surface area (Å²) in [6, 6.07) is 15.8.